The monoisotopic (exact) mass is 409 g/mol. The zero-order chi connectivity index (χ0) is 21.3. The zero-order valence-corrected chi connectivity index (χ0v) is 17.5. The number of carbonyl (C=O) groups excluding carboxylic acids is 2. The van der Waals surface area contributed by atoms with Crippen LogP contribution in [0, 0.1) is 17.3 Å². The number of hydrogen-bond donors (Lipinski definition) is 1. The van der Waals surface area contributed by atoms with Gasteiger partial charge in [-0.3, -0.25) is 4.79 Å². The molecule has 1 saturated carbocycles. The summed E-state index contributed by atoms with van der Waals surface area (Å²) in [5.74, 6) is -1.10. The molecule has 0 amide bonds. The summed E-state index contributed by atoms with van der Waals surface area (Å²) >= 11 is 0. The van der Waals surface area contributed by atoms with E-state index in [1.165, 1.54) is 6.08 Å². The fraction of sp³-hybridized carbons (Fsp3) is 0.565. The van der Waals surface area contributed by atoms with Crippen LogP contribution in [0.4, 0.5) is 5.69 Å². The van der Waals surface area contributed by atoms with Crippen LogP contribution in [0.15, 0.2) is 46.8 Å². The number of benzene rings is 1. The van der Waals surface area contributed by atoms with Gasteiger partial charge in [-0.05, 0) is 55.9 Å². The first kappa shape index (κ1) is 19.4. The van der Waals surface area contributed by atoms with Crippen molar-refractivity contribution in [2.45, 2.75) is 57.3 Å². The molecule has 0 radical (unpaired) electrons. The zero-order valence-electron chi connectivity index (χ0n) is 17.5. The number of hydrogen-bond acceptors (Lipinski definition) is 7. The molecule has 6 atom stereocenters. The summed E-state index contributed by atoms with van der Waals surface area (Å²) in [5, 5.41) is 22.1. The van der Waals surface area contributed by atoms with Crippen molar-refractivity contribution in [1.82, 2.24) is 0 Å². The Hall–Kier alpha value is -2.54. The molecule has 30 heavy (non-hydrogen) atoms. The highest BCUT2D eigenvalue weighted by atomic mass is 16.6. The van der Waals surface area contributed by atoms with E-state index in [2.05, 4.69) is 17.3 Å². The Morgan fingerprint density at radius 2 is 2.03 bits per heavy atom. The molecule has 5 rings (SSSR count). The van der Waals surface area contributed by atoms with Crippen molar-refractivity contribution >= 4 is 17.4 Å². The van der Waals surface area contributed by atoms with Gasteiger partial charge in [0, 0.05) is 5.92 Å². The number of esters is 1. The van der Waals surface area contributed by atoms with Crippen LogP contribution in [0.2, 0.25) is 0 Å². The quantitative estimate of drug-likeness (QED) is 0.758. The second-order valence-electron chi connectivity index (χ2n) is 9.29. The van der Waals surface area contributed by atoms with E-state index < -0.39 is 28.6 Å². The number of aliphatic hydroxyl groups is 1. The first-order valence-corrected chi connectivity index (χ1v) is 10.7. The number of nitrogens with zero attached hydrogens (tertiary/aromatic N) is 3. The summed E-state index contributed by atoms with van der Waals surface area (Å²) in [6, 6.07) is 7.96. The predicted octanol–water partition coefficient (Wildman–Crippen LogP) is 3.02. The second-order valence-corrected chi connectivity index (χ2v) is 9.29. The molecule has 1 aromatic rings. The Kier molecular flexibility index (Phi) is 4.04. The van der Waals surface area contributed by atoms with Crippen LogP contribution in [-0.2, 0) is 20.7 Å². The minimum atomic E-state index is -1.33. The number of para-hydroxylation sites is 1. The summed E-state index contributed by atoms with van der Waals surface area (Å²) in [5.41, 5.74) is -1.64. The van der Waals surface area contributed by atoms with Crippen molar-refractivity contribution in [2.24, 2.45) is 27.6 Å². The van der Waals surface area contributed by atoms with Crippen LogP contribution in [0.3, 0.4) is 0 Å². The molecule has 3 unspecified atom stereocenters. The van der Waals surface area contributed by atoms with Crippen molar-refractivity contribution in [3.05, 3.63) is 42.0 Å². The van der Waals surface area contributed by atoms with Crippen LogP contribution in [0.5, 0.6) is 0 Å². The highest BCUT2D eigenvalue weighted by Gasteiger charge is 2.72. The minimum Gasteiger partial charge on any atom is -0.459 e. The van der Waals surface area contributed by atoms with Crippen molar-refractivity contribution in [3.63, 3.8) is 0 Å². The maximum absolute atomic E-state index is 13.2. The number of fused-ring (bicyclic) bond motifs is 4. The van der Waals surface area contributed by atoms with Gasteiger partial charge in [-0.15, -0.1) is 5.11 Å². The van der Waals surface area contributed by atoms with Crippen LogP contribution < -0.4 is 5.01 Å². The number of allylic oxidation sites excluding steroid dienone is 1. The topological polar surface area (TPSA) is 91.6 Å². The molecule has 1 aromatic carbocycles. The number of aryl methyl sites for hydroxylation is 1. The Morgan fingerprint density at radius 1 is 1.27 bits per heavy atom. The molecule has 2 aliphatic carbocycles. The Bertz CT molecular complexity index is 990. The van der Waals surface area contributed by atoms with Crippen molar-refractivity contribution < 1.29 is 19.4 Å². The van der Waals surface area contributed by atoms with E-state index in [-0.39, 0.29) is 24.2 Å². The number of anilines is 1. The lowest BCUT2D eigenvalue weighted by atomic mass is 9.63. The number of ether oxygens (including phenoxy) is 1. The van der Waals surface area contributed by atoms with Gasteiger partial charge in [-0.25, -0.2) is 9.80 Å². The van der Waals surface area contributed by atoms with Crippen LogP contribution >= 0.6 is 0 Å². The van der Waals surface area contributed by atoms with E-state index in [0.717, 1.165) is 17.7 Å². The molecule has 1 spiro atoms. The fourth-order valence-electron chi connectivity index (χ4n) is 5.97. The van der Waals surface area contributed by atoms with Gasteiger partial charge in [-0.1, -0.05) is 37.3 Å². The molecule has 1 N–H and O–H groups in total. The van der Waals surface area contributed by atoms with E-state index in [0.29, 0.717) is 12.8 Å². The van der Waals surface area contributed by atoms with Gasteiger partial charge < -0.3 is 9.84 Å². The summed E-state index contributed by atoms with van der Waals surface area (Å²) in [7, 11) is 0. The fourth-order valence-corrected chi connectivity index (χ4v) is 5.97. The summed E-state index contributed by atoms with van der Waals surface area (Å²) < 4.78 is 5.88. The average molecular weight is 409 g/mol. The highest BCUT2D eigenvalue weighted by Crippen LogP contribution is 2.59. The lowest BCUT2D eigenvalue weighted by molar-refractivity contribution is -0.166. The lowest BCUT2D eigenvalue weighted by Crippen LogP contribution is -2.57. The maximum atomic E-state index is 13.2. The maximum Gasteiger partial charge on any atom is 0.338 e. The lowest BCUT2D eigenvalue weighted by Gasteiger charge is -2.43. The second kappa shape index (κ2) is 6.23. The minimum absolute atomic E-state index is 0.137. The van der Waals surface area contributed by atoms with Gasteiger partial charge in [0.25, 0.3) is 0 Å². The van der Waals surface area contributed by atoms with Crippen molar-refractivity contribution in [2.75, 3.05) is 11.6 Å². The molecule has 7 nitrogen and oxygen atoms in total. The Labute approximate surface area is 175 Å². The predicted molar refractivity (Wildman–Crippen MR) is 110 cm³/mol. The number of rotatable bonds is 2. The van der Waals surface area contributed by atoms with E-state index >= 15 is 0 Å². The highest BCUT2D eigenvalue weighted by molar-refractivity contribution is 6.00. The Balaban J connectivity index is 1.54. The molecule has 2 heterocycles. The van der Waals surface area contributed by atoms with Crippen molar-refractivity contribution in [3.8, 4) is 0 Å². The molecule has 158 valence electrons. The number of carbonyl (C=O) groups is 2. The molecule has 1 saturated heterocycles. The third-order valence-corrected chi connectivity index (χ3v) is 8.00. The molecule has 2 fully saturated rings. The number of ketones is 1. The third-order valence-electron chi connectivity index (χ3n) is 8.00. The average Bonchev–Trinajstić information content (AvgIpc) is 3.36. The molecular formula is C23H27N3O4. The van der Waals surface area contributed by atoms with E-state index in [4.69, 9.17) is 4.74 Å². The van der Waals surface area contributed by atoms with E-state index in [1.807, 2.05) is 31.2 Å². The van der Waals surface area contributed by atoms with Gasteiger partial charge in [0.15, 0.2) is 5.78 Å². The van der Waals surface area contributed by atoms with Gasteiger partial charge in [0.1, 0.15) is 11.7 Å². The van der Waals surface area contributed by atoms with E-state index in [1.54, 1.807) is 18.0 Å². The van der Waals surface area contributed by atoms with E-state index in [9.17, 15) is 14.7 Å². The molecule has 0 bridgehead atoms. The summed E-state index contributed by atoms with van der Waals surface area (Å²) in [6.07, 6.45) is 4.46. The smallest absolute Gasteiger partial charge is 0.338 e. The van der Waals surface area contributed by atoms with Gasteiger partial charge >= 0.3 is 5.97 Å². The standard InChI is InChI=1S/C23H27N3O4/c1-4-15-7-5-6-8-17(15)26-13-22(24-25-26)16-10-9-14(2)23(29)12-11-18(27)21(23,3)19(16)30-20(22)28/h5-8,11-12,14,16,19,29H,4,9-10,13H2,1-3H3/t14-,16?,19?,21-,22?,23+/m0/s1. The van der Waals surface area contributed by atoms with Crippen LogP contribution in [0.1, 0.15) is 39.2 Å². The molecule has 2 aliphatic heterocycles. The van der Waals surface area contributed by atoms with Crippen LogP contribution in [0.25, 0.3) is 0 Å². The largest absolute Gasteiger partial charge is 0.459 e. The molecule has 7 heteroatoms. The van der Waals surface area contributed by atoms with Gasteiger partial charge in [-0.2, -0.15) is 0 Å². The van der Waals surface area contributed by atoms with Gasteiger partial charge in [0.05, 0.1) is 17.6 Å². The molecular weight excluding hydrogens is 382 g/mol. The SMILES string of the molecule is CCc1ccccc1N1CC2(N=N1)C(=O)OC1C2CC[C@H](C)[C@]2(O)C=CC(=O)[C@@]12C. The molecule has 0 aromatic heterocycles. The first-order valence-electron chi connectivity index (χ1n) is 10.7. The summed E-state index contributed by atoms with van der Waals surface area (Å²) in [6.45, 7) is 6.05. The summed E-state index contributed by atoms with van der Waals surface area (Å²) in [4.78, 5) is 26.2. The third kappa shape index (κ3) is 2.19. The normalized spacial score (nSPS) is 41.9. The molecule has 4 aliphatic rings. The first-order chi connectivity index (χ1) is 14.3. The van der Waals surface area contributed by atoms with Gasteiger partial charge in [0.2, 0.25) is 5.54 Å². The Morgan fingerprint density at radius 3 is 2.80 bits per heavy atom. The van der Waals surface area contributed by atoms with Crippen molar-refractivity contribution in [1.29, 1.82) is 0 Å². The van der Waals surface area contributed by atoms with Crippen LogP contribution in [-0.4, -0.2) is 40.6 Å².